The Hall–Kier alpha value is -2.53. The topological polar surface area (TPSA) is 43.2 Å². The third-order valence-electron chi connectivity index (χ3n) is 4.69. The summed E-state index contributed by atoms with van der Waals surface area (Å²) < 4.78 is 10.6. The predicted octanol–water partition coefficient (Wildman–Crippen LogP) is 1.24. The van der Waals surface area contributed by atoms with Crippen LogP contribution >= 0.6 is 0 Å². The summed E-state index contributed by atoms with van der Waals surface area (Å²) in [6, 6.07) is 15.8. The van der Waals surface area contributed by atoms with Crippen LogP contribution in [0.4, 0.5) is 0 Å². The second-order valence-corrected chi connectivity index (χ2v) is 6.27. The third-order valence-corrected chi connectivity index (χ3v) is 4.69. The maximum absolute atomic E-state index is 12.8. The molecule has 25 heavy (non-hydrogen) atoms. The lowest BCUT2D eigenvalue weighted by Gasteiger charge is -2.32. The van der Waals surface area contributed by atoms with Crippen molar-refractivity contribution in [3.8, 4) is 11.5 Å². The molecule has 0 atom stereocenters. The van der Waals surface area contributed by atoms with E-state index < -0.39 is 0 Å². The molecule has 0 bridgehead atoms. The molecule has 0 aromatic heterocycles. The molecule has 0 radical (unpaired) electrons. The highest BCUT2D eigenvalue weighted by atomic mass is 16.5. The normalized spacial score (nSPS) is 15.0. The first-order valence-corrected chi connectivity index (χ1v) is 8.60. The summed E-state index contributed by atoms with van der Waals surface area (Å²) in [6.45, 7) is 4.44. The predicted molar refractivity (Wildman–Crippen MR) is 96.3 cm³/mol. The molecule has 0 unspecified atom stereocenters. The minimum atomic E-state index is 0.0262. The van der Waals surface area contributed by atoms with E-state index in [1.165, 1.54) is 10.5 Å². The summed E-state index contributed by atoms with van der Waals surface area (Å²) in [5, 5.41) is 0. The number of ether oxygens (including phenoxy) is 2. The van der Waals surface area contributed by atoms with Gasteiger partial charge in [-0.2, -0.15) is 0 Å². The fraction of sp³-hybridized carbons (Fsp3) is 0.350. The number of nitrogens with one attached hydrogen (secondary N) is 1. The molecule has 1 saturated heterocycles. The van der Waals surface area contributed by atoms with Crippen LogP contribution in [0.25, 0.3) is 0 Å². The minimum Gasteiger partial charge on any atom is -0.497 e. The Morgan fingerprint density at radius 2 is 1.76 bits per heavy atom. The first-order chi connectivity index (χ1) is 12.2. The number of hydrogen-bond donors (Lipinski definition) is 1. The molecule has 0 saturated carbocycles. The Kier molecular flexibility index (Phi) is 5.56. The number of piperazine rings is 1. The largest absolute Gasteiger partial charge is 0.497 e. The zero-order chi connectivity index (χ0) is 17.6. The monoisotopic (exact) mass is 341 g/mol. The Morgan fingerprint density at radius 1 is 1.04 bits per heavy atom. The lowest BCUT2D eigenvalue weighted by Crippen LogP contribution is -3.13. The van der Waals surface area contributed by atoms with Gasteiger partial charge in [0.1, 0.15) is 18.0 Å². The van der Waals surface area contributed by atoms with Crippen molar-refractivity contribution in [2.75, 3.05) is 40.4 Å². The van der Waals surface area contributed by atoms with Crippen LogP contribution in [0, 0.1) is 0 Å². The maximum Gasteiger partial charge on any atom is 0.258 e. The summed E-state index contributed by atoms with van der Waals surface area (Å²) >= 11 is 0. The molecular weight excluding hydrogens is 316 g/mol. The van der Waals surface area contributed by atoms with E-state index in [0.717, 1.165) is 32.7 Å². The Bertz CT molecular complexity index is 710. The summed E-state index contributed by atoms with van der Waals surface area (Å²) in [4.78, 5) is 16.3. The van der Waals surface area contributed by atoms with Crippen LogP contribution in [0.2, 0.25) is 0 Å². The second kappa shape index (κ2) is 8.03. The van der Waals surface area contributed by atoms with Crippen LogP contribution in [-0.2, 0) is 6.54 Å². The van der Waals surface area contributed by atoms with Gasteiger partial charge in [0.25, 0.3) is 5.91 Å². The summed E-state index contributed by atoms with van der Waals surface area (Å²) in [7, 11) is 3.18. The van der Waals surface area contributed by atoms with Gasteiger partial charge in [-0.15, -0.1) is 0 Å². The van der Waals surface area contributed by atoms with Crippen molar-refractivity contribution in [3.05, 3.63) is 59.7 Å². The van der Waals surface area contributed by atoms with Gasteiger partial charge in [-0.25, -0.2) is 0 Å². The number of amides is 1. The zero-order valence-electron chi connectivity index (χ0n) is 14.8. The first-order valence-electron chi connectivity index (χ1n) is 8.60. The fourth-order valence-electron chi connectivity index (χ4n) is 3.23. The van der Waals surface area contributed by atoms with E-state index in [1.807, 2.05) is 11.0 Å². The van der Waals surface area contributed by atoms with E-state index in [4.69, 9.17) is 9.47 Å². The molecule has 1 heterocycles. The van der Waals surface area contributed by atoms with Gasteiger partial charge in [0.05, 0.1) is 46.0 Å². The average Bonchev–Trinajstić information content (AvgIpc) is 2.68. The van der Waals surface area contributed by atoms with E-state index >= 15 is 0 Å². The van der Waals surface area contributed by atoms with E-state index in [0.29, 0.717) is 17.1 Å². The molecule has 132 valence electrons. The SMILES string of the molecule is COc1ccc(C(=O)N2CC[NH+](Cc3ccccc3)CC2)c(OC)c1. The highest BCUT2D eigenvalue weighted by Gasteiger charge is 2.26. The van der Waals surface area contributed by atoms with Crippen molar-refractivity contribution in [1.29, 1.82) is 0 Å². The van der Waals surface area contributed by atoms with Crippen LogP contribution in [0.3, 0.4) is 0 Å². The summed E-state index contributed by atoms with van der Waals surface area (Å²) in [5.41, 5.74) is 1.93. The molecule has 1 aliphatic heterocycles. The van der Waals surface area contributed by atoms with Crippen molar-refractivity contribution in [2.24, 2.45) is 0 Å². The fourth-order valence-corrected chi connectivity index (χ4v) is 3.23. The molecule has 2 aromatic rings. The second-order valence-electron chi connectivity index (χ2n) is 6.27. The molecule has 0 aliphatic carbocycles. The van der Waals surface area contributed by atoms with E-state index in [1.54, 1.807) is 32.4 Å². The Labute approximate surface area is 148 Å². The minimum absolute atomic E-state index is 0.0262. The number of carbonyl (C=O) groups is 1. The van der Waals surface area contributed by atoms with Crippen molar-refractivity contribution >= 4 is 5.91 Å². The van der Waals surface area contributed by atoms with Crippen LogP contribution in [0.15, 0.2) is 48.5 Å². The molecule has 5 nitrogen and oxygen atoms in total. The molecule has 0 spiro atoms. The third kappa shape index (κ3) is 4.12. The van der Waals surface area contributed by atoms with Gasteiger partial charge in [-0.1, -0.05) is 30.3 Å². The van der Waals surface area contributed by atoms with Gasteiger partial charge in [0.15, 0.2) is 0 Å². The number of nitrogens with zero attached hydrogens (tertiary/aromatic N) is 1. The number of benzene rings is 2. The molecule has 2 aromatic carbocycles. The van der Waals surface area contributed by atoms with Gasteiger partial charge < -0.3 is 19.3 Å². The van der Waals surface area contributed by atoms with Gasteiger partial charge >= 0.3 is 0 Å². The van der Waals surface area contributed by atoms with Gasteiger partial charge in [0, 0.05) is 11.6 Å². The maximum atomic E-state index is 12.8. The quantitative estimate of drug-likeness (QED) is 0.890. The van der Waals surface area contributed by atoms with Crippen molar-refractivity contribution in [2.45, 2.75) is 6.54 Å². The van der Waals surface area contributed by atoms with Crippen LogP contribution < -0.4 is 14.4 Å². The van der Waals surface area contributed by atoms with Crippen molar-refractivity contribution in [3.63, 3.8) is 0 Å². The lowest BCUT2D eigenvalue weighted by molar-refractivity contribution is -0.917. The summed E-state index contributed by atoms with van der Waals surface area (Å²) in [5.74, 6) is 1.27. The Morgan fingerprint density at radius 3 is 2.40 bits per heavy atom. The van der Waals surface area contributed by atoms with Crippen LogP contribution in [0.5, 0.6) is 11.5 Å². The average molecular weight is 341 g/mol. The van der Waals surface area contributed by atoms with E-state index in [9.17, 15) is 4.79 Å². The van der Waals surface area contributed by atoms with Crippen LogP contribution in [-0.4, -0.2) is 51.2 Å². The van der Waals surface area contributed by atoms with E-state index in [-0.39, 0.29) is 5.91 Å². The van der Waals surface area contributed by atoms with Crippen molar-refractivity contribution < 1.29 is 19.2 Å². The smallest absolute Gasteiger partial charge is 0.258 e. The number of carbonyl (C=O) groups excluding carboxylic acids is 1. The molecule has 1 fully saturated rings. The van der Waals surface area contributed by atoms with Gasteiger partial charge in [-0.3, -0.25) is 4.79 Å². The molecule has 1 N–H and O–H groups in total. The molecule has 3 rings (SSSR count). The first kappa shape index (κ1) is 17.3. The van der Waals surface area contributed by atoms with Gasteiger partial charge in [0.2, 0.25) is 0 Å². The van der Waals surface area contributed by atoms with Gasteiger partial charge in [-0.05, 0) is 12.1 Å². The molecular formula is C20H25N2O3+. The molecule has 5 heteroatoms. The molecule has 1 aliphatic rings. The highest BCUT2D eigenvalue weighted by Crippen LogP contribution is 2.25. The standard InChI is InChI=1S/C20H24N2O3/c1-24-17-8-9-18(19(14-17)25-2)20(23)22-12-10-21(11-13-22)15-16-6-4-3-5-7-16/h3-9,14H,10-13,15H2,1-2H3/p+1. The van der Waals surface area contributed by atoms with E-state index in [2.05, 4.69) is 24.3 Å². The summed E-state index contributed by atoms with van der Waals surface area (Å²) in [6.07, 6.45) is 0. The molecule has 1 amide bonds. The highest BCUT2D eigenvalue weighted by molar-refractivity contribution is 5.97. The van der Waals surface area contributed by atoms with Crippen molar-refractivity contribution in [1.82, 2.24) is 4.90 Å². The number of hydrogen-bond acceptors (Lipinski definition) is 3. The lowest BCUT2D eigenvalue weighted by atomic mass is 10.1. The number of rotatable bonds is 5. The number of methoxy groups -OCH3 is 2. The Balaban J connectivity index is 1.62. The zero-order valence-corrected chi connectivity index (χ0v) is 14.8. The van der Waals surface area contributed by atoms with Crippen LogP contribution in [0.1, 0.15) is 15.9 Å². The number of quaternary nitrogens is 1.